The van der Waals surface area contributed by atoms with Crippen LogP contribution in [0, 0.1) is 10.1 Å². The largest absolute Gasteiger partial charge is 0.346 e. The molecule has 0 radical (unpaired) electrons. The molecule has 0 unspecified atom stereocenters. The van der Waals surface area contributed by atoms with Gasteiger partial charge < -0.3 is 5.32 Å². The number of hydrazone groups is 2. The van der Waals surface area contributed by atoms with Crippen LogP contribution in [-0.4, -0.2) is 22.2 Å². The Morgan fingerprint density at radius 3 is 3.00 bits per heavy atom. The Morgan fingerprint density at radius 2 is 2.38 bits per heavy atom. The molecule has 0 aliphatic carbocycles. The number of hydrogen-bond donors (Lipinski definition) is 2. The van der Waals surface area contributed by atoms with Crippen LogP contribution in [-0.2, 0) is 6.54 Å². The van der Waals surface area contributed by atoms with Crippen molar-refractivity contribution < 1.29 is 5.03 Å². The molecule has 0 saturated carbocycles. The zero-order valence-electron chi connectivity index (χ0n) is 11.6. The molecule has 1 heterocycles. The fraction of sp³-hybridized carbons (Fsp3) is 0.417. The summed E-state index contributed by atoms with van der Waals surface area (Å²) in [6, 6.07) is 3.40. The van der Waals surface area contributed by atoms with Gasteiger partial charge in [0, 0.05) is 19.0 Å². The highest BCUT2D eigenvalue weighted by Gasteiger charge is 2.04. The molecule has 8 nitrogen and oxygen atoms in total. The number of nitrogens with one attached hydrogen (secondary N) is 2. The Hall–Kier alpha value is -2.22. The Kier molecular flexibility index (Phi) is 7.73. The Balaban J connectivity index is 2.52. The van der Waals surface area contributed by atoms with Gasteiger partial charge in [0.25, 0.3) is 5.96 Å². The maximum absolute atomic E-state index is 10.5. The van der Waals surface area contributed by atoms with Gasteiger partial charge in [0.2, 0.25) is 0 Å². The highest BCUT2D eigenvalue weighted by Crippen LogP contribution is 2.04. The second-order valence-electron chi connectivity index (χ2n) is 4.09. The molecule has 0 spiro atoms. The van der Waals surface area contributed by atoms with Gasteiger partial charge in [-0.05, 0) is 24.5 Å². The van der Waals surface area contributed by atoms with E-state index in [0.29, 0.717) is 11.7 Å². The van der Waals surface area contributed by atoms with Gasteiger partial charge in [-0.3, -0.25) is 0 Å². The van der Waals surface area contributed by atoms with Crippen LogP contribution in [0.5, 0.6) is 0 Å². The van der Waals surface area contributed by atoms with Crippen molar-refractivity contribution >= 4 is 23.8 Å². The molecule has 0 bridgehead atoms. The third-order valence-corrected chi connectivity index (χ3v) is 2.60. The summed E-state index contributed by atoms with van der Waals surface area (Å²) < 4.78 is 0. The van der Waals surface area contributed by atoms with Crippen molar-refractivity contribution in [2.75, 3.05) is 0 Å². The van der Waals surface area contributed by atoms with Gasteiger partial charge in [-0.2, -0.15) is 5.10 Å². The summed E-state index contributed by atoms with van der Waals surface area (Å²) in [5.74, 6) is -0.0392. The fourth-order valence-corrected chi connectivity index (χ4v) is 1.45. The molecule has 0 aliphatic rings. The number of halogens is 1. The molecular formula is C12H17ClN6O2. The number of aromatic nitrogens is 1. The first kappa shape index (κ1) is 16.8. The molecule has 0 fully saturated rings. The van der Waals surface area contributed by atoms with E-state index in [2.05, 4.69) is 32.9 Å². The number of guanidine groups is 1. The molecule has 1 aromatic rings. The van der Waals surface area contributed by atoms with E-state index in [1.807, 2.05) is 0 Å². The highest BCUT2D eigenvalue weighted by molar-refractivity contribution is 6.29. The van der Waals surface area contributed by atoms with Crippen LogP contribution in [0.15, 0.2) is 28.5 Å². The van der Waals surface area contributed by atoms with Crippen molar-refractivity contribution in [3.05, 3.63) is 39.2 Å². The van der Waals surface area contributed by atoms with Gasteiger partial charge in [-0.15, -0.1) is 0 Å². The quantitative estimate of drug-likeness (QED) is 0.200. The van der Waals surface area contributed by atoms with E-state index in [9.17, 15) is 10.1 Å². The molecule has 0 saturated heterocycles. The summed E-state index contributed by atoms with van der Waals surface area (Å²) in [6.45, 7) is 2.39. The summed E-state index contributed by atoms with van der Waals surface area (Å²) in [5.41, 5.74) is 3.32. The van der Waals surface area contributed by atoms with Crippen LogP contribution < -0.4 is 10.7 Å². The van der Waals surface area contributed by atoms with Crippen molar-refractivity contribution in [2.45, 2.75) is 32.7 Å². The molecule has 114 valence electrons. The van der Waals surface area contributed by atoms with Gasteiger partial charge >= 0.3 is 0 Å². The lowest BCUT2D eigenvalue weighted by atomic mass is 10.3. The lowest BCUT2D eigenvalue weighted by Crippen LogP contribution is -2.34. The number of nitrogens with zero attached hydrogens (tertiary/aromatic N) is 4. The van der Waals surface area contributed by atoms with Crippen LogP contribution in [0.2, 0.25) is 5.15 Å². The molecule has 0 amide bonds. The van der Waals surface area contributed by atoms with E-state index in [1.54, 1.807) is 24.5 Å². The monoisotopic (exact) mass is 312 g/mol. The molecule has 0 aliphatic heterocycles. The maximum atomic E-state index is 10.5. The van der Waals surface area contributed by atoms with E-state index in [1.165, 1.54) is 0 Å². The fourth-order valence-electron chi connectivity index (χ4n) is 1.34. The van der Waals surface area contributed by atoms with Gasteiger partial charge in [0.1, 0.15) is 10.3 Å². The zero-order valence-corrected chi connectivity index (χ0v) is 12.4. The molecule has 21 heavy (non-hydrogen) atoms. The average Bonchev–Trinajstić information content (AvgIpc) is 2.45. The standard InChI is InChI=1S/C12H17ClN6O2/c1-2-3-4-7-16-17-12(18-19(20)21)15-9-10-5-6-11(13)14-8-10/h5-8H,2-4,9H2,1H3,(H2,15,17,18)/b16-7-. The van der Waals surface area contributed by atoms with E-state index < -0.39 is 5.03 Å². The van der Waals surface area contributed by atoms with Gasteiger partial charge in [0.15, 0.2) is 5.03 Å². The van der Waals surface area contributed by atoms with Crippen LogP contribution in [0.1, 0.15) is 31.7 Å². The van der Waals surface area contributed by atoms with Crippen molar-refractivity contribution in [2.24, 2.45) is 10.2 Å². The molecule has 1 rings (SSSR count). The van der Waals surface area contributed by atoms with Gasteiger partial charge in [0.05, 0.1) is 0 Å². The number of hydrogen-bond acceptors (Lipinski definition) is 4. The minimum Gasteiger partial charge on any atom is -0.346 e. The number of rotatable bonds is 7. The SMILES string of the molecule is CCCC/C=N\N/C(=N\[N+](=O)[O-])NCc1ccc(Cl)nc1. The Labute approximate surface area is 127 Å². The molecule has 0 aromatic carbocycles. The Morgan fingerprint density at radius 1 is 1.57 bits per heavy atom. The zero-order chi connectivity index (χ0) is 15.5. The van der Waals surface area contributed by atoms with Crippen molar-refractivity contribution in [1.29, 1.82) is 0 Å². The van der Waals surface area contributed by atoms with E-state index in [4.69, 9.17) is 11.6 Å². The predicted octanol–water partition coefficient (Wildman–Crippen LogP) is 2.14. The van der Waals surface area contributed by atoms with Crippen molar-refractivity contribution in [3.8, 4) is 0 Å². The second kappa shape index (κ2) is 9.65. The normalized spacial score (nSPS) is 11.6. The van der Waals surface area contributed by atoms with Gasteiger partial charge in [-0.25, -0.2) is 20.5 Å². The minimum atomic E-state index is -0.795. The van der Waals surface area contributed by atoms with Crippen LogP contribution in [0.4, 0.5) is 0 Å². The van der Waals surface area contributed by atoms with Gasteiger partial charge in [-0.1, -0.05) is 31.0 Å². The highest BCUT2D eigenvalue weighted by atomic mass is 35.5. The lowest BCUT2D eigenvalue weighted by Gasteiger charge is -2.06. The molecule has 0 atom stereocenters. The number of unbranched alkanes of at least 4 members (excludes halogenated alkanes) is 2. The summed E-state index contributed by atoms with van der Waals surface area (Å²) in [6.07, 6.45) is 6.10. The summed E-state index contributed by atoms with van der Waals surface area (Å²) in [4.78, 5) is 14.4. The second-order valence-corrected chi connectivity index (χ2v) is 4.48. The smallest absolute Gasteiger partial charge is 0.289 e. The molecule has 2 N–H and O–H groups in total. The number of pyridine rings is 1. The average molecular weight is 313 g/mol. The summed E-state index contributed by atoms with van der Waals surface area (Å²) in [5, 5.41) is 19.9. The summed E-state index contributed by atoms with van der Waals surface area (Å²) >= 11 is 5.68. The molecule has 1 aromatic heterocycles. The van der Waals surface area contributed by atoms with E-state index >= 15 is 0 Å². The third-order valence-electron chi connectivity index (χ3n) is 2.38. The van der Waals surface area contributed by atoms with Crippen LogP contribution >= 0.6 is 11.6 Å². The minimum absolute atomic E-state index is 0.0392. The predicted molar refractivity (Wildman–Crippen MR) is 81.7 cm³/mol. The van der Waals surface area contributed by atoms with Crippen LogP contribution in [0.3, 0.4) is 0 Å². The van der Waals surface area contributed by atoms with Crippen molar-refractivity contribution in [1.82, 2.24) is 15.7 Å². The van der Waals surface area contributed by atoms with Crippen molar-refractivity contribution in [3.63, 3.8) is 0 Å². The third kappa shape index (κ3) is 7.83. The first-order valence-corrected chi connectivity index (χ1v) is 6.84. The summed E-state index contributed by atoms with van der Waals surface area (Å²) in [7, 11) is 0. The molecular weight excluding hydrogens is 296 g/mol. The topological polar surface area (TPSA) is 105 Å². The van der Waals surface area contributed by atoms with Crippen LogP contribution in [0.25, 0.3) is 0 Å². The first-order valence-electron chi connectivity index (χ1n) is 6.46. The lowest BCUT2D eigenvalue weighted by molar-refractivity contribution is -0.485. The van der Waals surface area contributed by atoms with E-state index in [0.717, 1.165) is 24.8 Å². The van der Waals surface area contributed by atoms with E-state index in [-0.39, 0.29) is 5.96 Å². The first-order chi connectivity index (χ1) is 10.1. The molecule has 9 heteroatoms. The maximum Gasteiger partial charge on any atom is 0.289 e. The number of nitro groups is 1. The Bertz CT molecular complexity index is 503.